The summed E-state index contributed by atoms with van der Waals surface area (Å²) in [5.74, 6) is 1.16. The van der Waals surface area contributed by atoms with E-state index in [-0.39, 0.29) is 11.3 Å². The number of aromatic amines is 1. The van der Waals surface area contributed by atoms with Crippen LogP contribution in [0.15, 0.2) is 6.33 Å². The van der Waals surface area contributed by atoms with Crippen LogP contribution in [-0.4, -0.2) is 43.3 Å². The smallest absolute Gasteiger partial charge is 0.322 e. The van der Waals surface area contributed by atoms with Crippen molar-refractivity contribution in [2.24, 2.45) is 0 Å². The quantitative estimate of drug-likeness (QED) is 0.796. The molecule has 0 atom stereocenters. The van der Waals surface area contributed by atoms with Gasteiger partial charge < -0.3 is 10.1 Å². The van der Waals surface area contributed by atoms with Crippen LogP contribution >= 0.6 is 11.6 Å². The predicted molar refractivity (Wildman–Crippen MR) is 64.6 cm³/mol. The molecule has 0 aliphatic carbocycles. The molecule has 0 radical (unpaired) electrons. The number of nitrogens with one attached hydrogen (secondary N) is 2. The zero-order chi connectivity index (χ0) is 12.8. The Hall–Kier alpha value is -1.96. The van der Waals surface area contributed by atoms with Crippen LogP contribution in [0.25, 0.3) is 0 Å². The minimum Gasteiger partial charge on any atom is -0.464 e. The van der Waals surface area contributed by atoms with Crippen molar-refractivity contribution in [2.75, 3.05) is 18.5 Å². The third-order valence-electron chi connectivity index (χ3n) is 1.97. The molecule has 0 unspecified atom stereocenters. The van der Waals surface area contributed by atoms with Gasteiger partial charge in [0.2, 0.25) is 11.2 Å². The molecular weight excluding hydrogens is 258 g/mol. The fourth-order valence-corrected chi connectivity index (χ4v) is 1.40. The zero-order valence-corrected chi connectivity index (χ0v) is 10.5. The van der Waals surface area contributed by atoms with Gasteiger partial charge in [-0.1, -0.05) is 0 Å². The molecule has 2 N–H and O–H groups in total. The Morgan fingerprint density at radius 1 is 1.39 bits per heavy atom. The van der Waals surface area contributed by atoms with Gasteiger partial charge in [0.25, 0.3) is 0 Å². The van der Waals surface area contributed by atoms with Crippen LogP contribution in [0.1, 0.15) is 12.7 Å². The largest absolute Gasteiger partial charge is 0.464 e. The Kier molecular flexibility index (Phi) is 4.24. The molecule has 8 nitrogen and oxygen atoms in total. The lowest BCUT2D eigenvalue weighted by atomic mass is 10.4. The monoisotopic (exact) mass is 269 g/mol. The van der Waals surface area contributed by atoms with Crippen LogP contribution in [0.4, 0.5) is 5.95 Å². The molecule has 2 aromatic heterocycles. The van der Waals surface area contributed by atoms with Crippen molar-refractivity contribution in [1.29, 1.82) is 0 Å². The number of halogens is 1. The first kappa shape index (κ1) is 12.5. The number of rotatable bonds is 6. The molecule has 18 heavy (non-hydrogen) atoms. The molecule has 0 bridgehead atoms. The van der Waals surface area contributed by atoms with Crippen molar-refractivity contribution >= 4 is 17.5 Å². The lowest BCUT2D eigenvalue weighted by Crippen LogP contribution is -2.10. The second-order valence-electron chi connectivity index (χ2n) is 3.25. The van der Waals surface area contributed by atoms with E-state index in [0.717, 1.165) is 5.82 Å². The molecule has 2 rings (SSSR count). The molecule has 0 aliphatic heterocycles. The number of nitrogens with zero attached hydrogens (tertiary/aromatic N) is 5. The minimum atomic E-state index is 0.0932. The van der Waals surface area contributed by atoms with Crippen molar-refractivity contribution in [2.45, 2.75) is 13.3 Å². The van der Waals surface area contributed by atoms with Crippen LogP contribution in [0, 0.1) is 0 Å². The molecule has 9 heteroatoms. The second kappa shape index (κ2) is 6.10. The van der Waals surface area contributed by atoms with E-state index in [0.29, 0.717) is 25.5 Å². The number of H-pyrrole nitrogens is 1. The fraction of sp³-hybridized carbons (Fsp3) is 0.444. The van der Waals surface area contributed by atoms with Gasteiger partial charge in [0.05, 0.1) is 6.61 Å². The van der Waals surface area contributed by atoms with E-state index >= 15 is 0 Å². The maximum Gasteiger partial charge on any atom is 0.322 e. The number of anilines is 1. The van der Waals surface area contributed by atoms with Crippen LogP contribution in [0.2, 0.25) is 5.28 Å². The lowest BCUT2D eigenvalue weighted by molar-refractivity contribution is 0.312. The first-order valence-corrected chi connectivity index (χ1v) is 5.78. The SMILES string of the molecule is CCOc1nc(Cl)nc(NCCc2ncn[nH]2)n1. The summed E-state index contributed by atoms with van der Waals surface area (Å²) in [7, 11) is 0. The van der Waals surface area contributed by atoms with Gasteiger partial charge in [0, 0.05) is 13.0 Å². The van der Waals surface area contributed by atoms with E-state index in [4.69, 9.17) is 16.3 Å². The predicted octanol–water partition coefficient (Wildman–Crippen LogP) is 0.696. The summed E-state index contributed by atoms with van der Waals surface area (Å²) in [4.78, 5) is 15.8. The molecule has 0 aliphatic rings. The number of hydrogen-bond donors (Lipinski definition) is 2. The number of aromatic nitrogens is 6. The normalized spacial score (nSPS) is 10.3. The summed E-state index contributed by atoms with van der Waals surface area (Å²) >= 11 is 5.75. The first-order valence-electron chi connectivity index (χ1n) is 5.40. The van der Waals surface area contributed by atoms with Gasteiger partial charge in [0.1, 0.15) is 12.2 Å². The summed E-state index contributed by atoms with van der Waals surface area (Å²) in [6.45, 7) is 2.91. The third kappa shape index (κ3) is 3.52. The van der Waals surface area contributed by atoms with Crippen molar-refractivity contribution in [1.82, 2.24) is 30.1 Å². The first-order chi connectivity index (χ1) is 8.78. The van der Waals surface area contributed by atoms with Gasteiger partial charge in [-0.3, -0.25) is 5.10 Å². The highest BCUT2D eigenvalue weighted by molar-refractivity contribution is 6.28. The van der Waals surface area contributed by atoms with E-state index in [1.807, 2.05) is 6.92 Å². The standard InChI is InChI=1S/C9H12ClN7O/c1-2-18-9-15-7(10)14-8(16-9)11-4-3-6-12-5-13-17-6/h5H,2-4H2,1H3,(H,12,13,17)(H,11,14,15,16). The Morgan fingerprint density at radius 2 is 2.28 bits per heavy atom. The summed E-state index contributed by atoms with van der Waals surface area (Å²) in [5, 5.41) is 9.62. The minimum absolute atomic E-state index is 0.0932. The highest BCUT2D eigenvalue weighted by Gasteiger charge is 2.05. The lowest BCUT2D eigenvalue weighted by Gasteiger charge is -2.05. The average molecular weight is 270 g/mol. The summed E-state index contributed by atoms with van der Waals surface area (Å²) in [5.41, 5.74) is 0. The zero-order valence-electron chi connectivity index (χ0n) is 9.72. The van der Waals surface area contributed by atoms with E-state index in [9.17, 15) is 0 Å². The summed E-state index contributed by atoms with van der Waals surface area (Å²) in [6.07, 6.45) is 2.13. The Bertz CT molecular complexity index is 490. The fourth-order valence-electron chi connectivity index (χ4n) is 1.25. The van der Waals surface area contributed by atoms with Gasteiger partial charge >= 0.3 is 6.01 Å². The molecule has 0 saturated carbocycles. The Morgan fingerprint density at radius 3 is 3.00 bits per heavy atom. The number of hydrogen-bond acceptors (Lipinski definition) is 7. The molecule has 96 valence electrons. The van der Waals surface area contributed by atoms with Crippen LogP contribution in [-0.2, 0) is 6.42 Å². The molecule has 0 fully saturated rings. The van der Waals surface area contributed by atoms with E-state index in [2.05, 4.69) is 35.5 Å². The van der Waals surface area contributed by atoms with Gasteiger partial charge in [0.15, 0.2) is 0 Å². The van der Waals surface area contributed by atoms with Gasteiger partial charge in [-0.2, -0.15) is 20.1 Å². The van der Waals surface area contributed by atoms with Crippen molar-refractivity contribution < 1.29 is 4.74 Å². The van der Waals surface area contributed by atoms with Crippen molar-refractivity contribution in [3.8, 4) is 6.01 Å². The topological polar surface area (TPSA) is 102 Å². The molecule has 2 aromatic rings. The third-order valence-corrected chi connectivity index (χ3v) is 2.14. The maximum absolute atomic E-state index is 5.75. The van der Waals surface area contributed by atoms with E-state index in [1.165, 1.54) is 6.33 Å². The Labute approximate surface area is 108 Å². The maximum atomic E-state index is 5.75. The molecule has 0 spiro atoms. The van der Waals surface area contributed by atoms with E-state index < -0.39 is 0 Å². The van der Waals surface area contributed by atoms with Crippen LogP contribution in [0.3, 0.4) is 0 Å². The highest BCUT2D eigenvalue weighted by atomic mass is 35.5. The highest BCUT2D eigenvalue weighted by Crippen LogP contribution is 2.11. The van der Waals surface area contributed by atoms with Crippen molar-refractivity contribution in [3.63, 3.8) is 0 Å². The summed E-state index contributed by atoms with van der Waals surface area (Å²) < 4.78 is 5.16. The van der Waals surface area contributed by atoms with Gasteiger partial charge in [-0.05, 0) is 18.5 Å². The molecule has 0 aromatic carbocycles. The molecular formula is C9H12ClN7O. The van der Waals surface area contributed by atoms with Crippen molar-refractivity contribution in [3.05, 3.63) is 17.4 Å². The molecule has 0 saturated heterocycles. The summed E-state index contributed by atoms with van der Waals surface area (Å²) in [6, 6.07) is 0.208. The molecule has 0 amide bonds. The Balaban J connectivity index is 1.92. The van der Waals surface area contributed by atoms with Crippen LogP contribution in [0.5, 0.6) is 6.01 Å². The average Bonchev–Trinajstić information content (AvgIpc) is 2.82. The van der Waals surface area contributed by atoms with E-state index in [1.54, 1.807) is 0 Å². The molecule has 2 heterocycles. The van der Waals surface area contributed by atoms with Gasteiger partial charge in [-0.15, -0.1) is 0 Å². The second-order valence-corrected chi connectivity index (χ2v) is 3.59. The van der Waals surface area contributed by atoms with Gasteiger partial charge in [-0.25, -0.2) is 4.98 Å². The number of ether oxygens (including phenoxy) is 1. The van der Waals surface area contributed by atoms with Crippen LogP contribution < -0.4 is 10.1 Å².